The van der Waals surface area contributed by atoms with E-state index in [1.165, 1.54) is 23.5 Å². The van der Waals surface area contributed by atoms with Crippen LogP contribution >= 0.6 is 11.6 Å². The van der Waals surface area contributed by atoms with Gasteiger partial charge in [-0.05, 0) is 73.0 Å². The molecule has 1 heterocycles. The van der Waals surface area contributed by atoms with E-state index in [0.29, 0.717) is 35.2 Å². The Kier molecular flexibility index (Phi) is 7.00. The number of fused-ring (bicyclic) bond motifs is 1. The van der Waals surface area contributed by atoms with Gasteiger partial charge in [0.05, 0.1) is 24.2 Å². The van der Waals surface area contributed by atoms with Gasteiger partial charge in [0.2, 0.25) is 0 Å². The van der Waals surface area contributed by atoms with Gasteiger partial charge in [0, 0.05) is 11.6 Å². The van der Waals surface area contributed by atoms with Crippen LogP contribution in [0.1, 0.15) is 11.1 Å². The van der Waals surface area contributed by atoms with Gasteiger partial charge < -0.3 is 14.8 Å². The topological polar surface area (TPSA) is 84.9 Å². The van der Waals surface area contributed by atoms with Crippen molar-refractivity contribution in [2.75, 3.05) is 24.5 Å². The molecule has 0 radical (unpaired) electrons. The first-order chi connectivity index (χ1) is 16.3. The van der Waals surface area contributed by atoms with Gasteiger partial charge in [0.15, 0.2) is 6.10 Å². The van der Waals surface area contributed by atoms with Crippen molar-refractivity contribution in [2.45, 2.75) is 24.3 Å². The zero-order chi connectivity index (χ0) is 24.3. The van der Waals surface area contributed by atoms with E-state index < -0.39 is 16.1 Å². The predicted molar refractivity (Wildman–Crippen MR) is 131 cm³/mol. The number of rotatable bonds is 7. The Morgan fingerprint density at radius 3 is 2.50 bits per heavy atom. The summed E-state index contributed by atoms with van der Waals surface area (Å²) < 4.78 is 39.4. The number of halogens is 1. The van der Waals surface area contributed by atoms with Gasteiger partial charge in [0.1, 0.15) is 11.5 Å². The first kappa shape index (κ1) is 23.9. The molecule has 9 heteroatoms. The monoisotopic (exact) mass is 500 g/mol. The van der Waals surface area contributed by atoms with Gasteiger partial charge in [-0.2, -0.15) is 0 Å². The Morgan fingerprint density at radius 2 is 1.82 bits per heavy atom. The van der Waals surface area contributed by atoms with Crippen LogP contribution in [0.25, 0.3) is 0 Å². The van der Waals surface area contributed by atoms with E-state index >= 15 is 0 Å². The Labute approximate surface area is 204 Å². The average molecular weight is 501 g/mol. The van der Waals surface area contributed by atoms with Crippen LogP contribution < -0.4 is 19.1 Å². The number of carbonyl (C=O) groups excluding carboxylic acids is 1. The van der Waals surface area contributed by atoms with Crippen molar-refractivity contribution in [3.8, 4) is 11.5 Å². The second kappa shape index (κ2) is 9.95. The predicted octanol–water partition coefficient (Wildman–Crippen LogP) is 3.97. The van der Waals surface area contributed by atoms with Crippen LogP contribution in [0, 0.1) is 6.92 Å². The van der Waals surface area contributed by atoms with Gasteiger partial charge in [-0.15, -0.1) is 0 Å². The molecule has 0 aliphatic carbocycles. The summed E-state index contributed by atoms with van der Waals surface area (Å²) in [7, 11) is -2.43. The summed E-state index contributed by atoms with van der Waals surface area (Å²) in [6.45, 7) is 2.11. The van der Waals surface area contributed by atoms with Crippen molar-refractivity contribution < 1.29 is 22.7 Å². The summed E-state index contributed by atoms with van der Waals surface area (Å²) in [6.07, 6.45) is -0.382. The number of nitrogens with one attached hydrogen (secondary N) is 1. The first-order valence-corrected chi connectivity index (χ1v) is 12.6. The van der Waals surface area contributed by atoms with E-state index in [1.54, 1.807) is 36.4 Å². The van der Waals surface area contributed by atoms with E-state index in [0.717, 1.165) is 11.1 Å². The van der Waals surface area contributed by atoms with Crippen molar-refractivity contribution in [3.63, 3.8) is 0 Å². The number of carbonyl (C=O) groups is 1. The zero-order valence-electron chi connectivity index (χ0n) is 18.8. The third-order valence-corrected chi connectivity index (χ3v) is 7.60. The molecule has 1 aliphatic heterocycles. The van der Waals surface area contributed by atoms with Gasteiger partial charge in [0.25, 0.3) is 15.9 Å². The number of benzene rings is 3. The van der Waals surface area contributed by atoms with Crippen LogP contribution in [-0.2, 0) is 21.2 Å². The van der Waals surface area contributed by atoms with E-state index in [4.69, 9.17) is 21.1 Å². The number of methoxy groups -OCH3 is 1. The van der Waals surface area contributed by atoms with Crippen molar-refractivity contribution in [1.82, 2.24) is 5.32 Å². The summed E-state index contributed by atoms with van der Waals surface area (Å²) in [6, 6.07) is 18.8. The average Bonchev–Trinajstić information content (AvgIpc) is 2.84. The Balaban J connectivity index is 1.55. The third kappa shape index (κ3) is 5.13. The second-order valence-electron chi connectivity index (χ2n) is 7.96. The number of sulfonamides is 1. The molecule has 4 rings (SSSR count). The smallest absolute Gasteiger partial charge is 0.264 e. The van der Waals surface area contributed by atoms with Crippen molar-refractivity contribution in [3.05, 3.63) is 82.9 Å². The summed E-state index contributed by atoms with van der Waals surface area (Å²) in [5.41, 5.74) is 2.31. The van der Waals surface area contributed by atoms with Crippen LogP contribution in [-0.4, -0.2) is 40.6 Å². The van der Waals surface area contributed by atoms with Gasteiger partial charge >= 0.3 is 0 Å². The molecular weight excluding hydrogens is 476 g/mol. The van der Waals surface area contributed by atoms with Crippen molar-refractivity contribution in [1.29, 1.82) is 0 Å². The molecule has 0 saturated heterocycles. The molecule has 0 unspecified atom stereocenters. The van der Waals surface area contributed by atoms with Crippen molar-refractivity contribution in [2.24, 2.45) is 0 Å². The van der Waals surface area contributed by atoms with Crippen LogP contribution in [0.2, 0.25) is 5.02 Å². The summed E-state index contributed by atoms with van der Waals surface area (Å²) in [5, 5.41) is 3.50. The van der Waals surface area contributed by atoms with Gasteiger partial charge in [-0.25, -0.2) is 8.42 Å². The molecule has 1 amide bonds. The van der Waals surface area contributed by atoms with E-state index in [-0.39, 0.29) is 17.3 Å². The quantitative estimate of drug-likeness (QED) is 0.530. The number of hydrogen-bond donors (Lipinski definition) is 1. The molecule has 7 nitrogen and oxygen atoms in total. The minimum atomic E-state index is -3.95. The minimum Gasteiger partial charge on any atom is -0.497 e. The summed E-state index contributed by atoms with van der Waals surface area (Å²) in [5.74, 6) is 0.511. The van der Waals surface area contributed by atoms with Crippen LogP contribution in [0.4, 0.5) is 5.69 Å². The number of hydrogen-bond acceptors (Lipinski definition) is 5. The number of aryl methyl sites for hydroxylation is 1. The van der Waals surface area contributed by atoms with Gasteiger partial charge in [-0.1, -0.05) is 29.8 Å². The molecule has 3 aromatic rings. The highest BCUT2D eigenvalue weighted by molar-refractivity contribution is 7.92. The lowest BCUT2D eigenvalue weighted by atomic mass is 10.1. The lowest BCUT2D eigenvalue weighted by Crippen LogP contribution is -2.51. The maximum Gasteiger partial charge on any atom is 0.264 e. The highest BCUT2D eigenvalue weighted by Gasteiger charge is 2.37. The highest BCUT2D eigenvalue weighted by atomic mass is 35.5. The maximum atomic E-state index is 13.5. The molecule has 1 N–H and O–H groups in total. The molecule has 0 aromatic heterocycles. The molecule has 178 valence electrons. The molecule has 34 heavy (non-hydrogen) atoms. The zero-order valence-corrected chi connectivity index (χ0v) is 20.4. The lowest BCUT2D eigenvalue weighted by Gasteiger charge is -2.35. The highest BCUT2D eigenvalue weighted by Crippen LogP contribution is 2.38. The SMILES string of the molecule is COc1ccc(S(=O)(=O)N2C[C@H](C(=O)NCCc3ccc(Cl)cc3)Oc3ccc(C)cc32)cc1. The fourth-order valence-corrected chi connectivity index (χ4v) is 5.29. The largest absolute Gasteiger partial charge is 0.497 e. The Bertz CT molecular complexity index is 1280. The fourth-order valence-electron chi connectivity index (χ4n) is 3.70. The fraction of sp³-hybridized carbons (Fsp3) is 0.240. The molecular formula is C25H25ClN2O5S. The minimum absolute atomic E-state index is 0.101. The number of amides is 1. The summed E-state index contributed by atoms with van der Waals surface area (Å²) >= 11 is 5.91. The number of nitrogens with zero attached hydrogens (tertiary/aromatic N) is 1. The molecule has 1 atom stereocenters. The molecule has 3 aromatic carbocycles. The number of ether oxygens (including phenoxy) is 2. The van der Waals surface area contributed by atoms with E-state index in [2.05, 4.69) is 5.32 Å². The Hall–Kier alpha value is -3.23. The van der Waals surface area contributed by atoms with Crippen molar-refractivity contribution >= 4 is 33.2 Å². The molecule has 1 aliphatic rings. The normalized spacial score (nSPS) is 15.3. The van der Waals surface area contributed by atoms with E-state index in [9.17, 15) is 13.2 Å². The third-order valence-electron chi connectivity index (χ3n) is 5.55. The standard InChI is InChI=1S/C25H25ClN2O5S/c1-17-3-12-23-22(15-17)28(34(30,31)21-10-8-20(32-2)9-11-21)16-24(33-23)25(29)27-14-13-18-4-6-19(26)7-5-18/h3-12,15,24H,13-14,16H2,1-2H3,(H,27,29)/t24-/m1/s1. The van der Waals surface area contributed by atoms with E-state index in [1.807, 2.05) is 25.1 Å². The molecule has 0 fully saturated rings. The first-order valence-electron chi connectivity index (χ1n) is 10.7. The van der Waals surface area contributed by atoms with Crippen LogP contribution in [0.3, 0.4) is 0 Å². The lowest BCUT2D eigenvalue weighted by molar-refractivity contribution is -0.127. The number of anilines is 1. The molecule has 0 saturated carbocycles. The maximum absolute atomic E-state index is 13.5. The summed E-state index contributed by atoms with van der Waals surface area (Å²) in [4.78, 5) is 13.0. The second-order valence-corrected chi connectivity index (χ2v) is 10.3. The molecule has 0 bridgehead atoms. The van der Waals surface area contributed by atoms with Crippen LogP contribution in [0.5, 0.6) is 11.5 Å². The Morgan fingerprint density at radius 1 is 1.12 bits per heavy atom. The van der Waals surface area contributed by atoms with Crippen LogP contribution in [0.15, 0.2) is 71.6 Å². The molecule has 0 spiro atoms. The van der Waals surface area contributed by atoms with Gasteiger partial charge in [-0.3, -0.25) is 9.10 Å².